The molecule has 2 fully saturated rings. The van der Waals surface area contributed by atoms with Crippen LogP contribution < -0.4 is 5.32 Å². The number of benzene rings is 1. The van der Waals surface area contributed by atoms with Crippen LogP contribution in [0.3, 0.4) is 0 Å². The molecule has 0 spiro atoms. The van der Waals surface area contributed by atoms with E-state index in [0.717, 1.165) is 49.3 Å². The molecule has 138 valence electrons. The van der Waals surface area contributed by atoms with E-state index in [-0.39, 0.29) is 11.9 Å². The van der Waals surface area contributed by atoms with E-state index in [2.05, 4.69) is 31.0 Å². The number of rotatable bonds is 5. The molecule has 0 aliphatic carbocycles. The van der Waals surface area contributed by atoms with Crippen molar-refractivity contribution < 1.29 is 13.2 Å². The molecule has 6 nitrogen and oxygen atoms in total. The largest absolute Gasteiger partial charge is 0.326 e. The molecule has 0 bridgehead atoms. The van der Waals surface area contributed by atoms with Crippen molar-refractivity contribution in [3.63, 3.8) is 0 Å². The molecule has 1 N–H and O–H groups in total. The number of hydrogen-bond acceptors (Lipinski definition) is 5. The van der Waals surface area contributed by atoms with Gasteiger partial charge in [-0.1, -0.05) is 15.9 Å². The van der Waals surface area contributed by atoms with Crippen molar-refractivity contribution in [1.82, 2.24) is 9.80 Å². The zero-order valence-electron chi connectivity index (χ0n) is 14.2. The number of sulfone groups is 1. The molecule has 1 amide bonds. The molecule has 0 aromatic heterocycles. The van der Waals surface area contributed by atoms with Gasteiger partial charge in [-0.25, -0.2) is 8.42 Å². The van der Waals surface area contributed by atoms with Crippen LogP contribution in [0.25, 0.3) is 0 Å². The van der Waals surface area contributed by atoms with Gasteiger partial charge < -0.3 is 10.2 Å². The van der Waals surface area contributed by atoms with Gasteiger partial charge in [0.1, 0.15) is 0 Å². The van der Waals surface area contributed by atoms with E-state index in [4.69, 9.17) is 0 Å². The van der Waals surface area contributed by atoms with Gasteiger partial charge in [-0.2, -0.15) is 0 Å². The molecule has 2 aliphatic rings. The van der Waals surface area contributed by atoms with Crippen molar-refractivity contribution in [1.29, 1.82) is 0 Å². The first kappa shape index (κ1) is 18.8. The molecular formula is C17H24BrN3O3S. The van der Waals surface area contributed by atoms with Crippen molar-refractivity contribution in [2.24, 2.45) is 0 Å². The Balaban J connectivity index is 1.37. The number of carbonyl (C=O) groups is 1. The SMILES string of the molecule is O=C(CCN1CCN(C2CCS(=O)(=O)C2)CC1)Nc1ccc(Br)cc1. The fourth-order valence-electron chi connectivity index (χ4n) is 3.43. The highest BCUT2D eigenvalue weighted by molar-refractivity contribution is 9.10. The summed E-state index contributed by atoms with van der Waals surface area (Å²) in [5, 5.41) is 2.91. The van der Waals surface area contributed by atoms with Gasteiger partial charge in [0.15, 0.2) is 9.84 Å². The summed E-state index contributed by atoms with van der Waals surface area (Å²) in [4.78, 5) is 16.6. The Labute approximate surface area is 157 Å². The molecule has 2 heterocycles. The van der Waals surface area contributed by atoms with Gasteiger partial charge in [0.2, 0.25) is 5.91 Å². The van der Waals surface area contributed by atoms with Gasteiger partial charge in [0.05, 0.1) is 11.5 Å². The summed E-state index contributed by atoms with van der Waals surface area (Å²) in [5.41, 5.74) is 0.806. The minimum Gasteiger partial charge on any atom is -0.326 e. The van der Waals surface area contributed by atoms with Crippen molar-refractivity contribution in [2.75, 3.05) is 49.5 Å². The number of hydrogen-bond donors (Lipinski definition) is 1. The summed E-state index contributed by atoms with van der Waals surface area (Å²) < 4.78 is 24.2. The maximum absolute atomic E-state index is 12.1. The lowest BCUT2D eigenvalue weighted by molar-refractivity contribution is -0.116. The van der Waals surface area contributed by atoms with E-state index in [1.165, 1.54) is 0 Å². The molecule has 1 atom stereocenters. The maximum atomic E-state index is 12.1. The highest BCUT2D eigenvalue weighted by atomic mass is 79.9. The molecule has 1 unspecified atom stereocenters. The average molecular weight is 430 g/mol. The van der Waals surface area contributed by atoms with Gasteiger partial charge in [0, 0.05) is 55.3 Å². The molecule has 0 radical (unpaired) electrons. The van der Waals surface area contributed by atoms with E-state index in [1.807, 2.05) is 24.3 Å². The van der Waals surface area contributed by atoms with E-state index in [0.29, 0.717) is 17.9 Å². The van der Waals surface area contributed by atoms with Crippen LogP contribution in [0.2, 0.25) is 0 Å². The monoisotopic (exact) mass is 429 g/mol. The van der Waals surface area contributed by atoms with Crippen LogP contribution in [0.1, 0.15) is 12.8 Å². The normalized spacial score (nSPS) is 24.3. The molecule has 8 heteroatoms. The summed E-state index contributed by atoms with van der Waals surface area (Å²) in [6.45, 7) is 4.28. The topological polar surface area (TPSA) is 69.7 Å². The van der Waals surface area contributed by atoms with Crippen LogP contribution in [-0.4, -0.2) is 74.4 Å². The smallest absolute Gasteiger partial charge is 0.225 e. The lowest BCUT2D eigenvalue weighted by atomic mass is 10.2. The minimum atomic E-state index is -2.82. The zero-order valence-corrected chi connectivity index (χ0v) is 16.6. The Morgan fingerprint density at radius 2 is 1.84 bits per heavy atom. The Kier molecular flexibility index (Phi) is 6.14. The average Bonchev–Trinajstić information content (AvgIpc) is 2.95. The molecule has 1 aromatic carbocycles. The van der Waals surface area contributed by atoms with Crippen molar-refractivity contribution in [3.05, 3.63) is 28.7 Å². The molecule has 25 heavy (non-hydrogen) atoms. The Bertz CT molecular complexity index is 700. The second-order valence-electron chi connectivity index (χ2n) is 6.74. The Morgan fingerprint density at radius 1 is 1.16 bits per heavy atom. The maximum Gasteiger partial charge on any atom is 0.225 e. The third-order valence-corrected chi connectivity index (χ3v) is 7.19. The van der Waals surface area contributed by atoms with E-state index < -0.39 is 9.84 Å². The van der Waals surface area contributed by atoms with E-state index >= 15 is 0 Å². The van der Waals surface area contributed by atoms with Gasteiger partial charge in [-0.05, 0) is 30.7 Å². The first-order chi connectivity index (χ1) is 11.9. The van der Waals surface area contributed by atoms with Crippen LogP contribution >= 0.6 is 15.9 Å². The molecule has 2 saturated heterocycles. The van der Waals surface area contributed by atoms with Crippen LogP contribution in [0.15, 0.2) is 28.7 Å². The number of nitrogens with one attached hydrogen (secondary N) is 1. The summed E-state index contributed by atoms with van der Waals surface area (Å²) in [5.74, 6) is 0.656. The van der Waals surface area contributed by atoms with Gasteiger partial charge in [-0.3, -0.25) is 9.69 Å². The van der Waals surface area contributed by atoms with E-state index in [9.17, 15) is 13.2 Å². The summed E-state index contributed by atoms with van der Waals surface area (Å²) in [6.07, 6.45) is 1.23. The van der Waals surface area contributed by atoms with Crippen LogP contribution in [-0.2, 0) is 14.6 Å². The number of halogens is 1. The van der Waals surface area contributed by atoms with E-state index in [1.54, 1.807) is 0 Å². The second kappa shape index (κ2) is 8.16. The molecular weight excluding hydrogens is 406 g/mol. The van der Waals surface area contributed by atoms with Gasteiger partial charge >= 0.3 is 0 Å². The quantitative estimate of drug-likeness (QED) is 0.769. The fourth-order valence-corrected chi connectivity index (χ4v) is 5.46. The summed E-state index contributed by atoms with van der Waals surface area (Å²) >= 11 is 3.37. The third-order valence-electron chi connectivity index (χ3n) is 4.91. The van der Waals surface area contributed by atoms with Gasteiger partial charge in [-0.15, -0.1) is 0 Å². The number of piperazine rings is 1. The highest BCUT2D eigenvalue weighted by Gasteiger charge is 2.33. The van der Waals surface area contributed by atoms with Crippen LogP contribution in [0.4, 0.5) is 5.69 Å². The Hall–Kier alpha value is -0.960. The standard InChI is InChI=1S/C17H24BrN3O3S/c18-14-1-3-15(4-2-14)19-17(22)5-7-20-8-10-21(11-9-20)16-6-12-25(23,24)13-16/h1-4,16H,5-13H2,(H,19,22). The minimum absolute atomic E-state index is 0.0200. The lowest BCUT2D eigenvalue weighted by Gasteiger charge is -2.37. The molecule has 1 aromatic rings. The third kappa shape index (κ3) is 5.51. The number of carbonyl (C=O) groups excluding carboxylic acids is 1. The lowest BCUT2D eigenvalue weighted by Crippen LogP contribution is -2.51. The fraction of sp³-hybridized carbons (Fsp3) is 0.588. The first-order valence-corrected chi connectivity index (χ1v) is 11.2. The number of anilines is 1. The number of amides is 1. The molecule has 2 aliphatic heterocycles. The first-order valence-electron chi connectivity index (χ1n) is 8.63. The van der Waals surface area contributed by atoms with Crippen molar-refractivity contribution in [2.45, 2.75) is 18.9 Å². The molecule has 3 rings (SSSR count). The highest BCUT2D eigenvalue weighted by Crippen LogP contribution is 2.19. The van der Waals surface area contributed by atoms with Crippen molar-refractivity contribution in [3.8, 4) is 0 Å². The van der Waals surface area contributed by atoms with Crippen LogP contribution in [0, 0.1) is 0 Å². The number of nitrogens with zero attached hydrogens (tertiary/aromatic N) is 2. The van der Waals surface area contributed by atoms with Crippen molar-refractivity contribution >= 4 is 37.4 Å². The van der Waals surface area contributed by atoms with Crippen LogP contribution in [0.5, 0.6) is 0 Å². The Morgan fingerprint density at radius 3 is 2.44 bits per heavy atom. The summed E-state index contributed by atoms with van der Waals surface area (Å²) in [6, 6.07) is 7.73. The zero-order chi connectivity index (χ0) is 17.9. The van der Waals surface area contributed by atoms with Gasteiger partial charge in [0.25, 0.3) is 0 Å². The molecule has 0 saturated carbocycles. The predicted molar refractivity (Wildman–Crippen MR) is 102 cm³/mol. The second-order valence-corrected chi connectivity index (χ2v) is 9.88. The predicted octanol–water partition coefficient (Wildman–Crippen LogP) is 1.58. The summed E-state index contributed by atoms with van der Waals surface area (Å²) in [7, 11) is -2.82.